The molecular weight excluding hydrogens is 254 g/mol. The molecule has 1 aromatic carbocycles. The first-order chi connectivity index (χ1) is 9.60. The lowest BCUT2D eigenvalue weighted by atomic mass is 9.85. The van der Waals surface area contributed by atoms with Crippen molar-refractivity contribution in [3.05, 3.63) is 29.8 Å². The van der Waals surface area contributed by atoms with Crippen molar-refractivity contribution in [2.75, 3.05) is 13.2 Å². The van der Waals surface area contributed by atoms with Crippen LogP contribution in [0.15, 0.2) is 24.3 Å². The lowest BCUT2D eigenvalue weighted by molar-refractivity contribution is -0.137. The maximum atomic E-state index is 12.5. The van der Waals surface area contributed by atoms with E-state index in [0.717, 1.165) is 12.2 Å². The number of Topliss-reactive ketones (excluding diaryl/α,β-unsaturated/α-hetero) is 1. The molecule has 106 valence electrons. The lowest BCUT2D eigenvalue weighted by Gasteiger charge is -2.24. The molecule has 20 heavy (non-hydrogen) atoms. The summed E-state index contributed by atoms with van der Waals surface area (Å²) in [5.74, 6) is -0.195. The molecule has 0 aliphatic carbocycles. The summed E-state index contributed by atoms with van der Waals surface area (Å²) >= 11 is 0. The zero-order valence-electron chi connectivity index (χ0n) is 11.9. The molecule has 0 bridgehead atoms. The van der Waals surface area contributed by atoms with Gasteiger partial charge in [0.1, 0.15) is 17.3 Å². The summed E-state index contributed by atoms with van der Waals surface area (Å²) < 4.78 is 10.9. The van der Waals surface area contributed by atoms with Gasteiger partial charge >= 0.3 is 0 Å². The summed E-state index contributed by atoms with van der Waals surface area (Å²) in [6.07, 6.45) is 1.55. The van der Waals surface area contributed by atoms with E-state index < -0.39 is 11.5 Å². The van der Waals surface area contributed by atoms with E-state index in [4.69, 9.17) is 9.47 Å². The Balaban J connectivity index is 2.19. The monoisotopic (exact) mass is 273 g/mol. The second-order valence-corrected chi connectivity index (χ2v) is 5.11. The molecule has 1 saturated heterocycles. The number of ether oxygens (including phenoxy) is 2. The van der Waals surface area contributed by atoms with Crippen LogP contribution in [0.25, 0.3) is 0 Å². The van der Waals surface area contributed by atoms with Gasteiger partial charge in [0.25, 0.3) is 0 Å². The Hall–Kier alpha value is -1.86. The van der Waals surface area contributed by atoms with Crippen LogP contribution in [0.4, 0.5) is 0 Å². The van der Waals surface area contributed by atoms with Gasteiger partial charge in [0.05, 0.1) is 12.7 Å². The van der Waals surface area contributed by atoms with Crippen molar-refractivity contribution in [2.24, 2.45) is 0 Å². The van der Waals surface area contributed by atoms with Crippen LogP contribution in [0.1, 0.15) is 38.2 Å². The fourth-order valence-corrected chi connectivity index (χ4v) is 2.49. The first-order valence-corrected chi connectivity index (χ1v) is 6.91. The van der Waals surface area contributed by atoms with Gasteiger partial charge in [0.15, 0.2) is 5.78 Å². The summed E-state index contributed by atoms with van der Waals surface area (Å²) in [5.41, 5.74) is -0.128. The van der Waals surface area contributed by atoms with Gasteiger partial charge in [-0.3, -0.25) is 4.79 Å². The Labute approximate surface area is 119 Å². The second kappa shape index (κ2) is 6.06. The van der Waals surface area contributed by atoms with Gasteiger partial charge < -0.3 is 9.47 Å². The number of nitriles is 1. The Morgan fingerprint density at radius 2 is 2.20 bits per heavy atom. The molecule has 4 nitrogen and oxygen atoms in total. The van der Waals surface area contributed by atoms with Crippen LogP contribution < -0.4 is 4.74 Å². The molecule has 0 N–H and O–H groups in total. The van der Waals surface area contributed by atoms with Gasteiger partial charge in [-0.15, -0.1) is 0 Å². The number of carbonyl (C=O) groups excluding carboxylic acids is 1. The van der Waals surface area contributed by atoms with E-state index >= 15 is 0 Å². The third-order valence-corrected chi connectivity index (χ3v) is 3.66. The predicted molar refractivity (Wildman–Crippen MR) is 74.6 cm³/mol. The largest absolute Gasteiger partial charge is 0.494 e. The van der Waals surface area contributed by atoms with Crippen molar-refractivity contribution in [2.45, 2.75) is 38.2 Å². The van der Waals surface area contributed by atoms with Gasteiger partial charge in [-0.2, -0.15) is 5.26 Å². The van der Waals surface area contributed by atoms with Crippen molar-refractivity contribution in [1.82, 2.24) is 0 Å². The third-order valence-electron chi connectivity index (χ3n) is 3.66. The number of carbonyl (C=O) groups is 1. The standard InChI is InChI=1S/C16H19NO3/c1-3-19-13-7-5-12(6-8-13)14(11-17)15(18)16(2)9-4-10-20-16/h5-8,14H,3-4,9-10H2,1-2H3. The van der Waals surface area contributed by atoms with Crippen LogP contribution in [-0.2, 0) is 9.53 Å². The number of nitrogens with zero attached hydrogens (tertiary/aromatic N) is 1. The summed E-state index contributed by atoms with van der Waals surface area (Å²) in [6, 6.07) is 9.22. The van der Waals surface area contributed by atoms with E-state index in [9.17, 15) is 10.1 Å². The maximum Gasteiger partial charge on any atom is 0.185 e. The molecule has 2 unspecified atom stereocenters. The molecule has 0 radical (unpaired) electrons. The number of benzene rings is 1. The van der Waals surface area contributed by atoms with E-state index in [2.05, 4.69) is 6.07 Å². The van der Waals surface area contributed by atoms with Crippen molar-refractivity contribution in [3.63, 3.8) is 0 Å². The molecule has 0 aromatic heterocycles. The van der Waals surface area contributed by atoms with Crippen molar-refractivity contribution in [3.8, 4) is 11.8 Å². The van der Waals surface area contributed by atoms with E-state index in [1.54, 1.807) is 31.2 Å². The highest BCUT2D eigenvalue weighted by Crippen LogP contribution is 2.32. The van der Waals surface area contributed by atoms with E-state index in [0.29, 0.717) is 25.2 Å². The summed E-state index contributed by atoms with van der Waals surface area (Å²) in [7, 11) is 0. The van der Waals surface area contributed by atoms with Crippen LogP contribution in [0.3, 0.4) is 0 Å². The molecule has 0 spiro atoms. The van der Waals surface area contributed by atoms with Crippen molar-refractivity contribution in [1.29, 1.82) is 5.26 Å². The van der Waals surface area contributed by atoms with Crippen LogP contribution in [-0.4, -0.2) is 24.6 Å². The molecule has 2 rings (SSSR count). The van der Waals surface area contributed by atoms with Gasteiger partial charge in [-0.05, 0) is 44.4 Å². The number of rotatable bonds is 5. The van der Waals surface area contributed by atoms with E-state index in [1.807, 2.05) is 6.92 Å². The SMILES string of the molecule is CCOc1ccc(C(C#N)C(=O)C2(C)CCCO2)cc1. The highest BCUT2D eigenvalue weighted by atomic mass is 16.5. The fraction of sp³-hybridized carbons (Fsp3) is 0.500. The maximum absolute atomic E-state index is 12.5. The Morgan fingerprint density at radius 3 is 2.70 bits per heavy atom. The Morgan fingerprint density at radius 1 is 1.50 bits per heavy atom. The summed E-state index contributed by atoms with van der Waals surface area (Å²) in [4.78, 5) is 12.5. The topological polar surface area (TPSA) is 59.3 Å². The van der Waals surface area contributed by atoms with Crippen LogP contribution in [0.2, 0.25) is 0 Å². The first-order valence-electron chi connectivity index (χ1n) is 6.91. The summed E-state index contributed by atoms with van der Waals surface area (Å²) in [6.45, 7) is 4.87. The minimum atomic E-state index is -0.820. The molecule has 1 heterocycles. The minimum absolute atomic E-state index is 0.151. The molecular formula is C16H19NO3. The first kappa shape index (κ1) is 14.5. The van der Waals surface area contributed by atoms with Gasteiger partial charge in [0.2, 0.25) is 0 Å². The van der Waals surface area contributed by atoms with Gasteiger partial charge in [-0.25, -0.2) is 0 Å². The highest BCUT2D eigenvalue weighted by Gasteiger charge is 2.42. The van der Waals surface area contributed by atoms with Gasteiger partial charge in [-0.1, -0.05) is 12.1 Å². The Kier molecular flexibility index (Phi) is 4.41. The zero-order chi connectivity index (χ0) is 14.6. The molecule has 4 heteroatoms. The highest BCUT2D eigenvalue weighted by molar-refractivity contribution is 5.95. The smallest absolute Gasteiger partial charge is 0.185 e. The van der Waals surface area contributed by atoms with Gasteiger partial charge in [0, 0.05) is 6.61 Å². The van der Waals surface area contributed by atoms with Crippen LogP contribution in [0, 0.1) is 11.3 Å². The second-order valence-electron chi connectivity index (χ2n) is 5.11. The lowest BCUT2D eigenvalue weighted by Crippen LogP contribution is -2.37. The quantitative estimate of drug-likeness (QED) is 0.827. The normalized spacial score (nSPS) is 23.1. The van der Waals surface area contributed by atoms with E-state index in [-0.39, 0.29) is 5.78 Å². The average Bonchev–Trinajstić information content (AvgIpc) is 2.90. The Bertz CT molecular complexity index is 510. The molecule has 2 atom stereocenters. The average molecular weight is 273 g/mol. The molecule has 0 saturated carbocycles. The third kappa shape index (κ3) is 2.83. The molecule has 1 aliphatic heterocycles. The van der Waals surface area contributed by atoms with Crippen molar-refractivity contribution >= 4 is 5.78 Å². The van der Waals surface area contributed by atoms with Crippen molar-refractivity contribution < 1.29 is 14.3 Å². The number of hydrogen-bond donors (Lipinski definition) is 0. The molecule has 1 fully saturated rings. The van der Waals surface area contributed by atoms with E-state index in [1.165, 1.54) is 0 Å². The predicted octanol–water partition coefficient (Wildman–Crippen LogP) is 2.83. The summed E-state index contributed by atoms with van der Waals surface area (Å²) in [5, 5.41) is 9.34. The minimum Gasteiger partial charge on any atom is -0.494 e. The number of ketones is 1. The van der Waals surface area contributed by atoms with Crippen LogP contribution in [0.5, 0.6) is 5.75 Å². The van der Waals surface area contributed by atoms with Crippen LogP contribution >= 0.6 is 0 Å². The fourth-order valence-electron chi connectivity index (χ4n) is 2.49. The number of hydrogen-bond acceptors (Lipinski definition) is 4. The molecule has 1 aliphatic rings. The zero-order valence-corrected chi connectivity index (χ0v) is 11.9. The molecule has 0 amide bonds. The molecule has 1 aromatic rings.